The quantitative estimate of drug-likeness (QED) is 0.865. The number of aryl methyl sites for hydroxylation is 1. The molecule has 4 heteroatoms. The monoisotopic (exact) mass is 277 g/mol. The van der Waals surface area contributed by atoms with E-state index in [1.54, 1.807) is 0 Å². The van der Waals surface area contributed by atoms with Crippen molar-refractivity contribution in [3.63, 3.8) is 0 Å². The second-order valence-electron chi connectivity index (χ2n) is 5.53. The maximum absolute atomic E-state index is 11.9. The summed E-state index contributed by atoms with van der Waals surface area (Å²) in [6.07, 6.45) is 2.99. The molecule has 20 heavy (non-hydrogen) atoms. The van der Waals surface area contributed by atoms with Crippen LogP contribution in [0.15, 0.2) is 18.2 Å². The molecule has 2 rings (SSSR count). The summed E-state index contributed by atoms with van der Waals surface area (Å²) in [5.74, 6) is 0.834. The second kappa shape index (κ2) is 6.75. The summed E-state index contributed by atoms with van der Waals surface area (Å²) in [5, 5.41) is 12.2. The van der Waals surface area contributed by atoms with Gasteiger partial charge in [0.2, 0.25) is 0 Å². The number of aliphatic hydroxyl groups is 1. The Morgan fingerprint density at radius 2 is 2.20 bits per heavy atom. The molecule has 0 radical (unpaired) electrons. The van der Waals surface area contributed by atoms with E-state index >= 15 is 0 Å². The summed E-state index contributed by atoms with van der Waals surface area (Å²) >= 11 is 0. The van der Waals surface area contributed by atoms with Gasteiger partial charge in [-0.05, 0) is 43.9 Å². The third-order valence-corrected chi connectivity index (χ3v) is 4.15. The Morgan fingerprint density at radius 3 is 2.95 bits per heavy atom. The smallest absolute Gasteiger partial charge is 0.258 e. The van der Waals surface area contributed by atoms with Gasteiger partial charge in [-0.3, -0.25) is 4.79 Å². The fraction of sp³-hybridized carbons (Fsp3) is 0.562. The Labute approximate surface area is 120 Å². The summed E-state index contributed by atoms with van der Waals surface area (Å²) in [6, 6.07) is 5.91. The van der Waals surface area contributed by atoms with E-state index < -0.39 is 0 Å². The van der Waals surface area contributed by atoms with E-state index in [4.69, 9.17) is 4.74 Å². The van der Waals surface area contributed by atoms with Gasteiger partial charge in [0, 0.05) is 18.6 Å². The minimum Gasteiger partial charge on any atom is -0.483 e. The van der Waals surface area contributed by atoms with Gasteiger partial charge in [-0.15, -0.1) is 0 Å². The highest BCUT2D eigenvalue weighted by atomic mass is 16.5. The van der Waals surface area contributed by atoms with Crippen LogP contribution in [0.3, 0.4) is 0 Å². The van der Waals surface area contributed by atoms with Crippen molar-refractivity contribution in [3.05, 3.63) is 29.3 Å². The van der Waals surface area contributed by atoms with Crippen molar-refractivity contribution in [2.24, 2.45) is 5.92 Å². The van der Waals surface area contributed by atoms with Crippen molar-refractivity contribution in [2.45, 2.75) is 39.2 Å². The summed E-state index contributed by atoms with van der Waals surface area (Å²) in [6.45, 7) is 4.18. The van der Waals surface area contributed by atoms with Gasteiger partial charge in [-0.25, -0.2) is 0 Å². The number of amides is 1. The third-order valence-electron chi connectivity index (χ3n) is 4.15. The van der Waals surface area contributed by atoms with Crippen molar-refractivity contribution in [2.75, 3.05) is 13.2 Å². The highest BCUT2D eigenvalue weighted by molar-refractivity contribution is 5.78. The molecule has 0 heterocycles. The van der Waals surface area contributed by atoms with Crippen LogP contribution >= 0.6 is 0 Å². The number of nitrogens with one attached hydrogen (secondary N) is 1. The number of rotatable bonds is 5. The van der Waals surface area contributed by atoms with E-state index in [1.165, 1.54) is 0 Å². The third kappa shape index (κ3) is 3.51. The number of carbonyl (C=O) groups excluding carboxylic acids is 1. The van der Waals surface area contributed by atoms with Crippen molar-refractivity contribution in [3.8, 4) is 5.75 Å². The molecule has 0 aliphatic heterocycles. The molecule has 2 N–H and O–H groups in total. The van der Waals surface area contributed by atoms with Crippen LogP contribution in [0.4, 0.5) is 0 Å². The Bertz CT molecular complexity index is 473. The number of aliphatic hydroxyl groups excluding tert-OH is 1. The lowest BCUT2D eigenvalue weighted by Crippen LogP contribution is -2.41. The molecule has 1 saturated carbocycles. The van der Waals surface area contributed by atoms with Crippen LogP contribution in [0.25, 0.3) is 0 Å². The minimum absolute atomic E-state index is 0.0267. The lowest BCUT2D eigenvalue weighted by Gasteiger charge is -2.19. The lowest BCUT2D eigenvalue weighted by molar-refractivity contribution is -0.124. The Hall–Kier alpha value is -1.55. The van der Waals surface area contributed by atoms with Crippen LogP contribution < -0.4 is 10.1 Å². The molecule has 1 aliphatic carbocycles. The molecule has 4 nitrogen and oxygen atoms in total. The molecule has 1 amide bonds. The summed E-state index contributed by atoms with van der Waals surface area (Å²) in [7, 11) is 0. The predicted molar refractivity (Wildman–Crippen MR) is 77.8 cm³/mol. The van der Waals surface area contributed by atoms with Crippen LogP contribution in [-0.2, 0) is 4.79 Å². The summed E-state index contributed by atoms with van der Waals surface area (Å²) in [5.41, 5.74) is 2.22. The molecule has 0 aromatic heterocycles. The summed E-state index contributed by atoms with van der Waals surface area (Å²) in [4.78, 5) is 11.9. The molecular formula is C16H23NO3. The minimum atomic E-state index is -0.115. The van der Waals surface area contributed by atoms with Gasteiger partial charge < -0.3 is 15.2 Å². The van der Waals surface area contributed by atoms with Gasteiger partial charge in [-0.2, -0.15) is 0 Å². The number of hydrogen-bond donors (Lipinski definition) is 2. The van der Waals surface area contributed by atoms with Crippen molar-refractivity contribution in [1.82, 2.24) is 5.32 Å². The van der Waals surface area contributed by atoms with Crippen molar-refractivity contribution < 1.29 is 14.6 Å². The van der Waals surface area contributed by atoms with Gasteiger partial charge in [0.25, 0.3) is 5.91 Å². The molecule has 1 aromatic carbocycles. The zero-order chi connectivity index (χ0) is 14.5. The first kappa shape index (κ1) is 14.9. The molecule has 1 aliphatic rings. The number of carbonyl (C=O) groups is 1. The largest absolute Gasteiger partial charge is 0.483 e. The molecule has 110 valence electrons. The van der Waals surface area contributed by atoms with E-state index in [2.05, 4.69) is 5.32 Å². The van der Waals surface area contributed by atoms with Gasteiger partial charge in [-0.1, -0.05) is 18.6 Å². The second-order valence-corrected chi connectivity index (χ2v) is 5.53. The van der Waals surface area contributed by atoms with Crippen LogP contribution in [0, 0.1) is 19.8 Å². The maximum atomic E-state index is 11.9. The van der Waals surface area contributed by atoms with E-state index in [-0.39, 0.29) is 31.1 Å². The molecule has 0 saturated heterocycles. The zero-order valence-corrected chi connectivity index (χ0v) is 12.2. The fourth-order valence-corrected chi connectivity index (χ4v) is 2.72. The topological polar surface area (TPSA) is 58.6 Å². The van der Waals surface area contributed by atoms with E-state index in [1.807, 2.05) is 32.0 Å². The van der Waals surface area contributed by atoms with Gasteiger partial charge in [0.15, 0.2) is 6.61 Å². The highest BCUT2D eigenvalue weighted by Crippen LogP contribution is 2.25. The predicted octanol–water partition coefficient (Wildman–Crippen LogP) is 1.96. The molecule has 2 atom stereocenters. The Kier molecular flexibility index (Phi) is 5.01. The maximum Gasteiger partial charge on any atom is 0.258 e. The lowest BCUT2D eigenvalue weighted by atomic mass is 10.1. The average Bonchev–Trinajstić information content (AvgIpc) is 2.87. The SMILES string of the molecule is Cc1cccc(OCC(=O)NC2CCCC2CO)c1C. The van der Waals surface area contributed by atoms with Crippen LogP contribution in [0.2, 0.25) is 0 Å². The van der Waals surface area contributed by atoms with Crippen molar-refractivity contribution in [1.29, 1.82) is 0 Å². The standard InChI is InChI=1S/C16H23NO3/c1-11-5-3-8-15(12(11)2)20-10-16(19)17-14-7-4-6-13(14)9-18/h3,5,8,13-14,18H,4,6-7,9-10H2,1-2H3,(H,17,19). The number of hydrogen-bond acceptors (Lipinski definition) is 3. The first-order valence-corrected chi connectivity index (χ1v) is 7.21. The first-order chi connectivity index (χ1) is 9.61. The number of ether oxygens (including phenoxy) is 1. The van der Waals surface area contributed by atoms with Crippen molar-refractivity contribution >= 4 is 5.91 Å². The van der Waals surface area contributed by atoms with Gasteiger partial charge in [0.05, 0.1) is 0 Å². The molecule has 1 aromatic rings. The Morgan fingerprint density at radius 1 is 1.40 bits per heavy atom. The molecular weight excluding hydrogens is 254 g/mol. The van der Waals surface area contributed by atoms with Gasteiger partial charge in [0.1, 0.15) is 5.75 Å². The molecule has 0 spiro atoms. The number of benzene rings is 1. The summed E-state index contributed by atoms with van der Waals surface area (Å²) < 4.78 is 5.58. The van der Waals surface area contributed by atoms with Gasteiger partial charge >= 0.3 is 0 Å². The van der Waals surface area contributed by atoms with E-state index in [9.17, 15) is 9.90 Å². The first-order valence-electron chi connectivity index (χ1n) is 7.21. The van der Waals surface area contributed by atoms with Crippen LogP contribution in [0.1, 0.15) is 30.4 Å². The average molecular weight is 277 g/mol. The molecule has 1 fully saturated rings. The highest BCUT2D eigenvalue weighted by Gasteiger charge is 2.27. The normalized spacial score (nSPS) is 21.8. The van der Waals surface area contributed by atoms with E-state index in [0.29, 0.717) is 0 Å². The fourth-order valence-electron chi connectivity index (χ4n) is 2.72. The van der Waals surface area contributed by atoms with Crippen LogP contribution in [0.5, 0.6) is 5.75 Å². The molecule has 2 unspecified atom stereocenters. The Balaban J connectivity index is 1.85. The zero-order valence-electron chi connectivity index (χ0n) is 12.2. The van der Waals surface area contributed by atoms with Crippen LogP contribution in [-0.4, -0.2) is 30.3 Å². The molecule has 0 bridgehead atoms. The van der Waals surface area contributed by atoms with E-state index in [0.717, 1.165) is 36.1 Å².